The molecule has 2 fully saturated rings. The van der Waals surface area contributed by atoms with Gasteiger partial charge in [0.05, 0.1) is 0 Å². The summed E-state index contributed by atoms with van der Waals surface area (Å²) in [7, 11) is 0. The summed E-state index contributed by atoms with van der Waals surface area (Å²) in [5.41, 5.74) is 0.756. The fourth-order valence-electron chi connectivity index (χ4n) is 3.38. The molecule has 1 amide bonds. The first-order valence-electron chi connectivity index (χ1n) is 7.56. The van der Waals surface area contributed by atoms with Gasteiger partial charge in [-0.3, -0.25) is 9.69 Å². The minimum absolute atomic E-state index is 0.145. The summed E-state index contributed by atoms with van der Waals surface area (Å²) in [4.78, 5) is 17.9. The third-order valence-corrected chi connectivity index (χ3v) is 4.81. The molecule has 0 spiro atoms. The number of thiol groups is 1. The molecule has 4 heteroatoms. The Morgan fingerprint density at radius 2 is 1.80 bits per heavy atom. The number of carbonyl (C=O) groups is 1. The first-order chi connectivity index (χ1) is 9.74. The molecule has 0 radical (unpaired) electrons. The Morgan fingerprint density at radius 3 is 2.45 bits per heavy atom. The van der Waals surface area contributed by atoms with Gasteiger partial charge in [0.2, 0.25) is 0 Å². The fourth-order valence-corrected chi connectivity index (χ4v) is 3.61. The van der Waals surface area contributed by atoms with Gasteiger partial charge in [0, 0.05) is 42.7 Å². The average molecular weight is 290 g/mol. The molecular formula is C16H22N2OS. The van der Waals surface area contributed by atoms with E-state index in [-0.39, 0.29) is 5.91 Å². The second-order valence-electron chi connectivity index (χ2n) is 5.82. The minimum atomic E-state index is 0.145. The summed E-state index contributed by atoms with van der Waals surface area (Å²) >= 11 is 4.31. The maximum absolute atomic E-state index is 12.5. The predicted octanol–water partition coefficient (Wildman–Crippen LogP) is 2.68. The van der Waals surface area contributed by atoms with Crippen LogP contribution in [0, 0.1) is 0 Å². The largest absolute Gasteiger partial charge is 0.336 e. The maximum atomic E-state index is 12.5. The molecular weight excluding hydrogens is 268 g/mol. The second kappa shape index (κ2) is 6.19. The van der Waals surface area contributed by atoms with Crippen molar-refractivity contribution < 1.29 is 4.79 Å². The summed E-state index contributed by atoms with van der Waals surface area (Å²) in [5.74, 6) is 0.145. The summed E-state index contributed by atoms with van der Waals surface area (Å²) < 4.78 is 0. The lowest BCUT2D eigenvalue weighted by Gasteiger charge is -2.38. The zero-order valence-corrected chi connectivity index (χ0v) is 12.7. The van der Waals surface area contributed by atoms with Crippen molar-refractivity contribution in [1.82, 2.24) is 9.80 Å². The van der Waals surface area contributed by atoms with E-state index in [2.05, 4.69) is 17.5 Å². The number of amides is 1. The molecule has 1 aromatic carbocycles. The lowest BCUT2D eigenvalue weighted by atomic mass is 10.1. The second-order valence-corrected chi connectivity index (χ2v) is 6.33. The van der Waals surface area contributed by atoms with Crippen LogP contribution in [0.1, 0.15) is 36.0 Å². The van der Waals surface area contributed by atoms with Crippen molar-refractivity contribution in [2.24, 2.45) is 0 Å². The third kappa shape index (κ3) is 3.01. The smallest absolute Gasteiger partial charge is 0.253 e. The Labute approximate surface area is 126 Å². The molecule has 1 aliphatic heterocycles. The van der Waals surface area contributed by atoms with E-state index >= 15 is 0 Å². The molecule has 1 saturated carbocycles. The zero-order chi connectivity index (χ0) is 13.9. The zero-order valence-electron chi connectivity index (χ0n) is 11.8. The van der Waals surface area contributed by atoms with Gasteiger partial charge in [-0.15, -0.1) is 12.6 Å². The van der Waals surface area contributed by atoms with Crippen LogP contribution in [-0.2, 0) is 0 Å². The van der Waals surface area contributed by atoms with Gasteiger partial charge in [0.25, 0.3) is 5.91 Å². The minimum Gasteiger partial charge on any atom is -0.336 e. The highest BCUT2D eigenvalue weighted by atomic mass is 32.1. The Balaban J connectivity index is 1.58. The molecule has 0 aromatic heterocycles. The highest BCUT2D eigenvalue weighted by Gasteiger charge is 2.28. The molecule has 20 heavy (non-hydrogen) atoms. The van der Waals surface area contributed by atoms with Crippen LogP contribution in [0.15, 0.2) is 29.2 Å². The third-order valence-electron chi connectivity index (χ3n) is 4.54. The van der Waals surface area contributed by atoms with Gasteiger partial charge in [-0.1, -0.05) is 18.9 Å². The average Bonchev–Trinajstić information content (AvgIpc) is 3.01. The molecule has 1 heterocycles. The van der Waals surface area contributed by atoms with Gasteiger partial charge in [0.15, 0.2) is 0 Å². The number of carbonyl (C=O) groups excluding carboxylic acids is 1. The Morgan fingerprint density at radius 1 is 1.10 bits per heavy atom. The van der Waals surface area contributed by atoms with E-state index in [9.17, 15) is 4.79 Å². The SMILES string of the molecule is O=C(c1cccc(S)c1)N1CCN(C2CCCC2)CC1. The Hall–Kier alpha value is -1.00. The number of hydrogen-bond acceptors (Lipinski definition) is 3. The van der Waals surface area contributed by atoms with E-state index in [4.69, 9.17) is 0 Å². The molecule has 1 aliphatic carbocycles. The molecule has 0 atom stereocenters. The van der Waals surface area contributed by atoms with Crippen molar-refractivity contribution in [3.05, 3.63) is 29.8 Å². The van der Waals surface area contributed by atoms with Crippen molar-refractivity contribution in [2.45, 2.75) is 36.6 Å². The van der Waals surface area contributed by atoms with E-state index in [0.717, 1.165) is 42.7 Å². The van der Waals surface area contributed by atoms with Crippen LogP contribution in [0.5, 0.6) is 0 Å². The first-order valence-corrected chi connectivity index (χ1v) is 8.01. The van der Waals surface area contributed by atoms with E-state index in [1.54, 1.807) is 0 Å². The lowest BCUT2D eigenvalue weighted by molar-refractivity contribution is 0.0573. The summed E-state index contributed by atoms with van der Waals surface area (Å²) in [6.45, 7) is 3.76. The highest BCUT2D eigenvalue weighted by molar-refractivity contribution is 7.80. The Kier molecular flexibility index (Phi) is 4.32. The molecule has 108 valence electrons. The van der Waals surface area contributed by atoms with E-state index in [1.165, 1.54) is 25.7 Å². The number of rotatable bonds is 2. The molecule has 0 bridgehead atoms. The van der Waals surface area contributed by atoms with Crippen LogP contribution in [0.25, 0.3) is 0 Å². The predicted molar refractivity (Wildman–Crippen MR) is 83.4 cm³/mol. The molecule has 1 aromatic rings. The molecule has 3 rings (SSSR count). The fraction of sp³-hybridized carbons (Fsp3) is 0.562. The van der Waals surface area contributed by atoms with Gasteiger partial charge in [-0.25, -0.2) is 0 Å². The van der Waals surface area contributed by atoms with Crippen molar-refractivity contribution >= 4 is 18.5 Å². The van der Waals surface area contributed by atoms with E-state index in [1.807, 2.05) is 29.2 Å². The highest BCUT2D eigenvalue weighted by Crippen LogP contribution is 2.24. The van der Waals surface area contributed by atoms with Crippen LogP contribution in [0.4, 0.5) is 0 Å². The van der Waals surface area contributed by atoms with E-state index in [0.29, 0.717) is 0 Å². The summed E-state index contributed by atoms with van der Waals surface area (Å²) in [6, 6.07) is 8.30. The Bertz CT molecular complexity index is 477. The number of benzene rings is 1. The number of nitrogens with zero attached hydrogens (tertiary/aromatic N) is 2. The molecule has 3 nitrogen and oxygen atoms in total. The maximum Gasteiger partial charge on any atom is 0.253 e. The van der Waals surface area contributed by atoms with Crippen molar-refractivity contribution in [3.63, 3.8) is 0 Å². The van der Waals surface area contributed by atoms with Crippen molar-refractivity contribution in [3.8, 4) is 0 Å². The van der Waals surface area contributed by atoms with Crippen LogP contribution >= 0.6 is 12.6 Å². The van der Waals surface area contributed by atoms with Crippen LogP contribution in [-0.4, -0.2) is 47.9 Å². The van der Waals surface area contributed by atoms with Crippen LogP contribution < -0.4 is 0 Å². The van der Waals surface area contributed by atoms with Gasteiger partial charge < -0.3 is 4.90 Å². The van der Waals surface area contributed by atoms with Gasteiger partial charge >= 0.3 is 0 Å². The standard InChI is InChI=1S/C16H22N2OS/c19-16(13-4-3-7-15(20)12-13)18-10-8-17(9-11-18)14-5-1-2-6-14/h3-4,7,12,14,20H,1-2,5-6,8-11H2. The van der Waals surface area contributed by atoms with Gasteiger partial charge in [-0.05, 0) is 31.0 Å². The van der Waals surface area contributed by atoms with Crippen LogP contribution in [0.3, 0.4) is 0 Å². The monoisotopic (exact) mass is 290 g/mol. The number of hydrogen-bond donors (Lipinski definition) is 1. The van der Waals surface area contributed by atoms with Gasteiger partial charge in [-0.2, -0.15) is 0 Å². The quantitative estimate of drug-likeness (QED) is 0.847. The summed E-state index contributed by atoms with van der Waals surface area (Å²) in [6.07, 6.45) is 5.43. The van der Waals surface area contributed by atoms with Crippen LogP contribution in [0.2, 0.25) is 0 Å². The number of piperazine rings is 1. The van der Waals surface area contributed by atoms with E-state index < -0.39 is 0 Å². The van der Waals surface area contributed by atoms with Gasteiger partial charge in [0.1, 0.15) is 0 Å². The summed E-state index contributed by atoms with van der Waals surface area (Å²) in [5, 5.41) is 0. The molecule has 0 N–H and O–H groups in total. The topological polar surface area (TPSA) is 23.6 Å². The molecule has 2 aliphatic rings. The van der Waals surface area contributed by atoms with Crippen molar-refractivity contribution in [1.29, 1.82) is 0 Å². The molecule has 1 saturated heterocycles. The lowest BCUT2D eigenvalue weighted by Crippen LogP contribution is -2.51. The normalized spacial score (nSPS) is 21.4. The molecule has 0 unspecified atom stereocenters. The van der Waals surface area contributed by atoms with Crippen molar-refractivity contribution in [2.75, 3.05) is 26.2 Å². The first kappa shape index (κ1) is 14.0.